The van der Waals surface area contributed by atoms with E-state index in [1.165, 1.54) is 44.1 Å². The van der Waals surface area contributed by atoms with Crippen molar-refractivity contribution < 1.29 is 10.2 Å². The first-order chi connectivity index (χ1) is 8.79. The van der Waals surface area contributed by atoms with Gasteiger partial charge in [-0.15, -0.1) is 0 Å². The van der Waals surface area contributed by atoms with Gasteiger partial charge in [-0.3, -0.25) is 0 Å². The van der Waals surface area contributed by atoms with E-state index in [4.69, 9.17) is 5.11 Å². The Kier molecular flexibility index (Phi) is 5.06. The summed E-state index contributed by atoms with van der Waals surface area (Å²) in [5.74, 6) is 1.90. The van der Waals surface area contributed by atoms with Crippen molar-refractivity contribution in [2.45, 2.75) is 50.9 Å². The molecule has 2 nitrogen and oxygen atoms in total. The Hall–Kier alpha value is -1.02. The lowest BCUT2D eigenvalue weighted by Gasteiger charge is -2.28. The van der Waals surface area contributed by atoms with Crippen LogP contribution in [-0.2, 0) is 0 Å². The molecule has 0 aliphatic heterocycles. The zero-order valence-electron chi connectivity index (χ0n) is 11.0. The van der Waals surface area contributed by atoms with Gasteiger partial charge in [-0.25, -0.2) is 0 Å². The summed E-state index contributed by atoms with van der Waals surface area (Å²) in [5.41, 5.74) is 1.38. The molecule has 2 heteroatoms. The van der Waals surface area contributed by atoms with Crippen molar-refractivity contribution in [3.8, 4) is 5.75 Å². The van der Waals surface area contributed by atoms with Gasteiger partial charge < -0.3 is 10.2 Å². The second-order valence-electron chi connectivity index (χ2n) is 5.53. The van der Waals surface area contributed by atoms with Crippen LogP contribution in [0.2, 0.25) is 0 Å². The van der Waals surface area contributed by atoms with Gasteiger partial charge in [0.1, 0.15) is 5.75 Å². The highest BCUT2D eigenvalue weighted by atomic mass is 16.3. The zero-order chi connectivity index (χ0) is 12.8. The molecule has 0 atom stereocenters. The molecule has 0 bridgehead atoms. The highest BCUT2D eigenvalue weighted by molar-refractivity contribution is 5.28. The third kappa shape index (κ3) is 3.74. The van der Waals surface area contributed by atoms with Crippen LogP contribution in [0.4, 0.5) is 0 Å². The molecule has 0 aromatic heterocycles. The minimum absolute atomic E-state index is 0.336. The topological polar surface area (TPSA) is 40.5 Å². The highest BCUT2D eigenvalue weighted by Gasteiger charge is 2.21. The Labute approximate surface area is 110 Å². The maximum Gasteiger partial charge on any atom is 0.115 e. The van der Waals surface area contributed by atoms with Crippen molar-refractivity contribution in [3.05, 3.63) is 29.8 Å². The van der Waals surface area contributed by atoms with E-state index in [2.05, 4.69) is 12.1 Å². The summed E-state index contributed by atoms with van der Waals surface area (Å²) < 4.78 is 0. The summed E-state index contributed by atoms with van der Waals surface area (Å²) in [5, 5.41) is 18.1. The molecule has 1 aromatic rings. The monoisotopic (exact) mass is 248 g/mol. The SMILES string of the molecule is OCCCCC1CCC(c2ccc(O)cc2)CC1. The molecule has 1 aliphatic carbocycles. The maximum atomic E-state index is 9.30. The van der Waals surface area contributed by atoms with Crippen LogP contribution in [0.15, 0.2) is 24.3 Å². The number of aliphatic hydroxyl groups is 1. The highest BCUT2D eigenvalue weighted by Crippen LogP contribution is 2.37. The van der Waals surface area contributed by atoms with Crippen LogP contribution in [0.3, 0.4) is 0 Å². The van der Waals surface area contributed by atoms with Gasteiger partial charge in [0.25, 0.3) is 0 Å². The first-order valence-corrected chi connectivity index (χ1v) is 7.19. The van der Waals surface area contributed by atoms with E-state index in [9.17, 15) is 5.11 Å². The Morgan fingerprint density at radius 2 is 1.61 bits per heavy atom. The molecule has 0 heterocycles. The normalized spacial score (nSPS) is 24.1. The van der Waals surface area contributed by atoms with E-state index in [0.29, 0.717) is 18.3 Å². The third-order valence-corrected chi connectivity index (χ3v) is 4.23. The average Bonchev–Trinajstić information content (AvgIpc) is 2.41. The molecule has 18 heavy (non-hydrogen) atoms. The van der Waals surface area contributed by atoms with Gasteiger partial charge in [-0.2, -0.15) is 0 Å². The van der Waals surface area contributed by atoms with Gasteiger partial charge in [0.15, 0.2) is 0 Å². The van der Waals surface area contributed by atoms with E-state index >= 15 is 0 Å². The molecular weight excluding hydrogens is 224 g/mol. The van der Waals surface area contributed by atoms with Crippen LogP contribution >= 0.6 is 0 Å². The van der Waals surface area contributed by atoms with E-state index in [1.807, 2.05) is 0 Å². The summed E-state index contributed by atoms with van der Waals surface area (Å²) in [7, 11) is 0. The number of benzene rings is 1. The summed E-state index contributed by atoms with van der Waals surface area (Å²) in [6.07, 6.45) is 8.59. The van der Waals surface area contributed by atoms with Gasteiger partial charge in [0.05, 0.1) is 0 Å². The lowest BCUT2D eigenvalue weighted by Crippen LogP contribution is -2.13. The van der Waals surface area contributed by atoms with E-state index in [0.717, 1.165) is 12.3 Å². The standard InChI is InChI=1S/C16H24O2/c17-12-2-1-3-13-4-6-14(7-5-13)15-8-10-16(18)11-9-15/h8-11,13-14,17-18H,1-7,12H2. The van der Waals surface area contributed by atoms with Crippen LogP contribution in [0, 0.1) is 5.92 Å². The summed E-state index contributed by atoms with van der Waals surface area (Å²) in [4.78, 5) is 0. The second-order valence-corrected chi connectivity index (χ2v) is 5.53. The second kappa shape index (κ2) is 6.79. The molecule has 1 saturated carbocycles. The molecule has 2 N–H and O–H groups in total. The fraction of sp³-hybridized carbons (Fsp3) is 0.625. The summed E-state index contributed by atoms with van der Waals surface area (Å²) in [6, 6.07) is 7.71. The van der Waals surface area contributed by atoms with E-state index in [-0.39, 0.29) is 0 Å². The minimum atomic E-state index is 0.336. The molecule has 0 radical (unpaired) electrons. The number of aromatic hydroxyl groups is 1. The van der Waals surface area contributed by atoms with Gasteiger partial charge >= 0.3 is 0 Å². The molecule has 0 saturated heterocycles. The number of hydrogen-bond donors (Lipinski definition) is 2. The van der Waals surface area contributed by atoms with Gasteiger partial charge in [-0.1, -0.05) is 25.0 Å². The fourth-order valence-corrected chi connectivity index (χ4v) is 3.08. The predicted molar refractivity (Wildman–Crippen MR) is 73.7 cm³/mol. The third-order valence-electron chi connectivity index (χ3n) is 4.23. The number of rotatable bonds is 5. The van der Waals surface area contributed by atoms with Crippen LogP contribution in [-0.4, -0.2) is 16.8 Å². The zero-order valence-corrected chi connectivity index (χ0v) is 11.0. The van der Waals surface area contributed by atoms with Crippen molar-refractivity contribution >= 4 is 0 Å². The van der Waals surface area contributed by atoms with Crippen molar-refractivity contribution in [3.63, 3.8) is 0 Å². The molecule has 0 unspecified atom stereocenters. The van der Waals surface area contributed by atoms with Crippen LogP contribution in [0.25, 0.3) is 0 Å². The molecule has 1 fully saturated rings. The van der Waals surface area contributed by atoms with Crippen molar-refractivity contribution in [1.82, 2.24) is 0 Å². The number of phenols is 1. The van der Waals surface area contributed by atoms with Crippen molar-refractivity contribution in [1.29, 1.82) is 0 Å². The number of unbranched alkanes of at least 4 members (excludes halogenated alkanes) is 1. The number of aliphatic hydroxyl groups excluding tert-OH is 1. The Balaban J connectivity index is 1.77. The van der Waals surface area contributed by atoms with Gasteiger partial charge in [-0.05, 0) is 61.6 Å². The van der Waals surface area contributed by atoms with Crippen molar-refractivity contribution in [2.75, 3.05) is 6.61 Å². The number of hydrogen-bond acceptors (Lipinski definition) is 2. The molecule has 1 aliphatic rings. The maximum absolute atomic E-state index is 9.30. The smallest absolute Gasteiger partial charge is 0.115 e. The average molecular weight is 248 g/mol. The van der Waals surface area contributed by atoms with Gasteiger partial charge in [0, 0.05) is 6.61 Å². The molecule has 0 spiro atoms. The van der Waals surface area contributed by atoms with E-state index in [1.54, 1.807) is 12.1 Å². The first-order valence-electron chi connectivity index (χ1n) is 7.19. The summed E-state index contributed by atoms with van der Waals surface area (Å²) in [6.45, 7) is 0.336. The molecule has 1 aromatic carbocycles. The van der Waals surface area contributed by atoms with E-state index < -0.39 is 0 Å². The Morgan fingerprint density at radius 3 is 2.22 bits per heavy atom. The molecule has 100 valence electrons. The fourth-order valence-electron chi connectivity index (χ4n) is 3.08. The quantitative estimate of drug-likeness (QED) is 0.777. The van der Waals surface area contributed by atoms with Crippen LogP contribution in [0.1, 0.15) is 56.4 Å². The largest absolute Gasteiger partial charge is 0.508 e. The van der Waals surface area contributed by atoms with Crippen molar-refractivity contribution in [2.24, 2.45) is 5.92 Å². The number of phenolic OH excluding ortho intramolecular Hbond substituents is 1. The Bertz CT molecular complexity index is 337. The Morgan fingerprint density at radius 1 is 0.944 bits per heavy atom. The van der Waals surface area contributed by atoms with Crippen LogP contribution in [0.5, 0.6) is 5.75 Å². The molecular formula is C16H24O2. The first kappa shape index (κ1) is 13.4. The lowest BCUT2D eigenvalue weighted by molar-refractivity contribution is 0.261. The lowest BCUT2D eigenvalue weighted by atomic mass is 9.77. The molecule has 2 rings (SSSR count). The summed E-state index contributed by atoms with van der Waals surface area (Å²) >= 11 is 0. The predicted octanol–water partition coefficient (Wildman–Crippen LogP) is 3.83. The van der Waals surface area contributed by atoms with Gasteiger partial charge in [0.2, 0.25) is 0 Å². The molecule has 0 amide bonds. The minimum Gasteiger partial charge on any atom is -0.508 e. The van der Waals surface area contributed by atoms with Crippen LogP contribution < -0.4 is 0 Å².